The van der Waals surface area contributed by atoms with Gasteiger partial charge in [-0.2, -0.15) is 0 Å². The Hall–Kier alpha value is -0.780. The molecule has 0 atom stereocenters. The first-order chi connectivity index (χ1) is 5.13. The van der Waals surface area contributed by atoms with E-state index >= 15 is 0 Å². The molecule has 0 aromatic heterocycles. The van der Waals surface area contributed by atoms with E-state index in [4.69, 9.17) is 10.2 Å². The van der Waals surface area contributed by atoms with E-state index in [1.165, 1.54) is 12.1 Å². The van der Waals surface area contributed by atoms with Crippen molar-refractivity contribution in [2.75, 3.05) is 0 Å². The van der Waals surface area contributed by atoms with E-state index < -0.39 is 22.1 Å². The van der Waals surface area contributed by atoms with Crippen LogP contribution >= 0.6 is 0 Å². The normalized spacial score (nSPS) is 8.67. The van der Waals surface area contributed by atoms with E-state index in [9.17, 15) is 10.1 Å². The summed E-state index contributed by atoms with van der Waals surface area (Å²) in [5.41, 5.74) is -0.495. The smallest absolute Gasteiger partial charge is 0.314 e. The van der Waals surface area contributed by atoms with E-state index in [0.29, 0.717) is 0 Å². The third kappa shape index (κ3) is 2.10. The van der Waals surface area contributed by atoms with Gasteiger partial charge < -0.3 is 10.2 Å². The van der Waals surface area contributed by atoms with Crippen LogP contribution in [0.5, 0.6) is 11.5 Å². The van der Waals surface area contributed by atoms with Gasteiger partial charge in [0.15, 0.2) is 5.75 Å². The minimum Gasteiger partial charge on any atom is -0.504 e. The van der Waals surface area contributed by atoms with Gasteiger partial charge in [0.2, 0.25) is 5.75 Å². The Morgan fingerprint density at radius 3 is 2.33 bits per heavy atom. The second-order valence-electron chi connectivity index (χ2n) is 1.90. The number of hydrogen-bond donors (Lipinski definition) is 2. The molecule has 0 fully saturated rings. The van der Waals surface area contributed by atoms with E-state index in [1.807, 2.05) is 0 Å². The van der Waals surface area contributed by atoms with E-state index in [2.05, 4.69) is 0 Å². The van der Waals surface area contributed by atoms with Gasteiger partial charge in [0, 0.05) is 35.6 Å². The molecule has 1 aromatic rings. The van der Waals surface area contributed by atoms with Gasteiger partial charge in [0.25, 0.3) is 0 Å². The molecule has 12 heavy (non-hydrogen) atoms. The molecule has 1 aromatic carbocycles. The van der Waals surface area contributed by atoms with Gasteiger partial charge in [-0.3, -0.25) is 10.1 Å². The zero-order valence-corrected chi connectivity index (χ0v) is 8.39. The van der Waals surface area contributed by atoms with Gasteiger partial charge in [0.1, 0.15) is 0 Å². The SMILES string of the molecule is O=[N+]([O-])c1cccc(O)c1O.[Na]. The number of para-hydroxylation sites is 1. The Bertz CT molecular complexity index is 302. The van der Waals surface area contributed by atoms with Crippen molar-refractivity contribution in [1.82, 2.24) is 0 Å². The molecular weight excluding hydrogens is 173 g/mol. The van der Waals surface area contributed by atoms with Crippen LogP contribution in [0.2, 0.25) is 0 Å². The van der Waals surface area contributed by atoms with Crippen molar-refractivity contribution in [3.63, 3.8) is 0 Å². The molecule has 0 aliphatic rings. The average molecular weight is 178 g/mol. The standard InChI is InChI=1S/C6H5NO4.Na/c8-5-3-1-2-4(6(5)9)7(10)11;/h1-3,8-9H;. The summed E-state index contributed by atoms with van der Waals surface area (Å²) >= 11 is 0. The molecule has 0 amide bonds. The summed E-state index contributed by atoms with van der Waals surface area (Å²) in [6, 6.07) is 3.56. The number of phenols is 2. The molecule has 0 aliphatic carbocycles. The van der Waals surface area contributed by atoms with Crippen molar-refractivity contribution < 1.29 is 15.1 Å². The van der Waals surface area contributed by atoms with Crippen LogP contribution in [0.1, 0.15) is 0 Å². The van der Waals surface area contributed by atoms with Crippen LogP contribution in [0.25, 0.3) is 0 Å². The third-order valence-electron chi connectivity index (χ3n) is 1.19. The largest absolute Gasteiger partial charge is 0.504 e. The number of aromatic hydroxyl groups is 2. The fraction of sp³-hybridized carbons (Fsp3) is 0. The second kappa shape index (κ2) is 4.30. The Morgan fingerprint density at radius 2 is 1.92 bits per heavy atom. The number of benzene rings is 1. The second-order valence-corrected chi connectivity index (χ2v) is 1.90. The minimum absolute atomic E-state index is 0. The average Bonchev–Trinajstić information content (AvgIpc) is 1.94. The first-order valence-corrected chi connectivity index (χ1v) is 2.78. The molecule has 0 saturated carbocycles. The molecule has 0 saturated heterocycles. The van der Waals surface area contributed by atoms with Crippen LogP contribution in [0.15, 0.2) is 18.2 Å². The van der Waals surface area contributed by atoms with Crippen LogP contribution in [-0.2, 0) is 0 Å². The van der Waals surface area contributed by atoms with Crippen molar-refractivity contribution in [2.24, 2.45) is 0 Å². The first kappa shape index (κ1) is 11.2. The summed E-state index contributed by atoms with van der Waals surface area (Å²) < 4.78 is 0. The van der Waals surface area contributed by atoms with E-state index in [0.717, 1.165) is 6.07 Å². The third-order valence-corrected chi connectivity index (χ3v) is 1.19. The van der Waals surface area contributed by atoms with Crippen molar-refractivity contribution in [3.05, 3.63) is 28.3 Å². The number of nitrogens with zero attached hydrogens (tertiary/aromatic N) is 1. The van der Waals surface area contributed by atoms with Gasteiger partial charge in [0.05, 0.1) is 4.92 Å². The maximum Gasteiger partial charge on any atom is 0.314 e. The number of phenolic OH excluding ortho intramolecular Hbond substituents is 2. The van der Waals surface area contributed by atoms with Crippen molar-refractivity contribution in [1.29, 1.82) is 0 Å². The molecule has 2 N–H and O–H groups in total. The summed E-state index contributed by atoms with van der Waals surface area (Å²) in [5, 5.41) is 27.8. The van der Waals surface area contributed by atoms with Gasteiger partial charge >= 0.3 is 5.69 Å². The number of nitro benzene ring substituents is 1. The molecule has 0 bridgehead atoms. The number of rotatable bonds is 1. The van der Waals surface area contributed by atoms with Crippen LogP contribution in [0, 0.1) is 10.1 Å². The van der Waals surface area contributed by atoms with Crippen molar-refractivity contribution >= 4 is 35.2 Å². The Kier molecular flexibility index (Phi) is 4.02. The Balaban J connectivity index is 0.00000121. The van der Waals surface area contributed by atoms with E-state index in [1.54, 1.807) is 0 Å². The molecule has 5 nitrogen and oxygen atoms in total. The number of nitro groups is 1. The van der Waals surface area contributed by atoms with Crippen LogP contribution in [0.3, 0.4) is 0 Å². The molecule has 59 valence electrons. The fourth-order valence-electron chi connectivity index (χ4n) is 0.667. The predicted octanol–water partition coefficient (Wildman–Crippen LogP) is 0.625. The molecule has 1 radical (unpaired) electrons. The molecule has 0 aliphatic heterocycles. The predicted molar refractivity (Wildman–Crippen MR) is 42.2 cm³/mol. The topological polar surface area (TPSA) is 83.6 Å². The Morgan fingerprint density at radius 1 is 1.33 bits per heavy atom. The zero-order valence-electron chi connectivity index (χ0n) is 6.39. The van der Waals surface area contributed by atoms with Gasteiger partial charge in [-0.25, -0.2) is 0 Å². The molecule has 6 heteroatoms. The minimum atomic E-state index is -0.769. The fourth-order valence-corrected chi connectivity index (χ4v) is 0.667. The molecule has 0 spiro atoms. The first-order valence-electron chi connectivity index (χ1n) is 2.78. The summed E-state index contributed by atoms with van der Waals surface area (Å²) in [6.07, 6.45) is 0. The summed E-state index contributed by atoms with van der Waals surface area (Å²) in [7, 11) is 0. The van der Waals surface area contributed by atoms with Crippen LogP contribution in [-0.4, -0.2) is 44.7 Å². The van der Waals surface area contributed by atoms with Crippen LogP contribution in [0.4, 0.5) is 5.69 Å². The van der Waals surface area contributed by atoms with Gasteiger partial charge in [-0.15, -0.1) is 0 Å². The Labute approximate surface area is 90.1 Å². The molecular formula is C6H5NNaO4. The maximum absolute atomic E-state index is 10.1. The zero-order chi connectivity index (χ0) is 8.43. The van der Waals surface area contributed by atoms with E-state index in [-0.39, 0.29) is 29.6 Å². The molecule has 0 heterocycles. The van der Waals surface area contributed by atoms with Gasteiger partial charge in [-0.05, 0) is 6.07 Å². The molecule has 1 rings (SSSR count). The summed E-state index contributed by atoms with van der Waals surface area (Å²) in [4.78, 5) is 9.34. The summed E-state index contributed by atoms with van der Waals surface area (Å²) in [5.74, 6) is -1.18. The summed E-state index contributed by atoms with van der Waals surface area (Å²) in [6.45, 7) is 0. The maximum atomic E-state index is 10.1. The molecule has 0 unspecified atom stereocenters. The van der Waals surface area contributed by atoms with Crippen molar-refractivity contribution in [3.8, 4) is 11.5 Å². The monoisotopic (exact) mass is 178 g/mol. The van der Waals surface area contributed by atoms with Gasteiger partial charge in [-0.1, -0.05) is 6.07 Å². The number of hydrogen-bond acceptors (Lipinski definition) is 4. The van der Waals surface area contributed by atoms with Crippen molar-refractivity contribution in [2.45, 2.75) is 0 Å². The van der Waals surface area contributed by atoms with Crippen LogP contribution < -0.4 is 0 Å². The quantitative estimate of drug-likeness (QED) is 0.286.